The van der Waals surface area contributed by atoms with E-state index in [0.717, 1.165) is 19.3 Å². The van der Waals surface area contributed by atoms with Crippen LogP contribution in [0.25, 0.3) is 0 Å². The van der Waals surface area contributed by atoms with Crippen molar-refractivity contribution in [3.05, 3.63) is 12.2 Å². The van der Waals surface area contributed by atoms with E-state index in [4.69, 9.17) is 10.5 Å². The highest BCUT2D eigenvalue weighted by molar-refractivity contribution is 5.06. The minimum absolute atomic E-state index is 0.181. The van der Waals surface area contributed by atoms with Crippen molar-refractivity contribution in [1.82, 2.24) is 20.1 Å². The van der Waals surface area contributed by atoms with Crippen LogP contribution in [0, 0.1) is 22.7 Å². The zero-order chi connectivity index (χ0) is 12.7. The summed E-state index contributed by atoms with van der Waals surface area (Å²) in [5.74, 6) is 0.181. The molecule has 1 rings (SSSR count). The van der Waals surface area contributed by atoms with Crippen LogP contribution in [0.15, 0.2) is 6.33 Å². The van der Waals surface area contributed by atoms with Crippen LogP contribution in [0.2, 0.25) is 0 Å². The molecule has 0 saturated heterocycles. The van der Waals surface area contributed by atoms with Gasteiger partial charge in [-0.25, -0.2) is 4.98 Å². The number of aromatic nitrogens is 3. The molecule has 1 unspecified atom stereocenters. The van der Waals surface area contributed by atoms with Gasteiger partial charge in [0.25, 0.3) is 5.82 Å². The topological polar surface area (TPSA) is 90.3 Å². The summed E-state index contributed by atoms with van der Waals surface area (Å²) in [7, 11) is 1.80. The Kier molecular flexibility index (Phi) is 4.62. The first-order valence-corrected chi connectivity index (χ1v) is 5.59. The van der Waals surface area contributed by atoms with Crippen LogP contribution in [0.1, 0.15) is 32.0 Å². The highest BCUT2D eigenvalue weighted by Crippen LogP contribution is 2.16. The smallest absolute Gasteiger partial charge is 0.252 e. The van der Waals surface area contributed by atoms with E-state index in [1.807, 2.05) is 13.0 Å². The molecular formula is C11H16N6. The molecule has 90 valence electrons. The van der Waals surface area contributed by atoms with Gasteiger partial charge >= 0.3 is 0 Å². The second-order valence-corrected chi connectivity index (χ2v) is 3.84. The minimum atomic E-state index is -0.460. The fourth-order valence-corrected chi connectivity index (χ4v) is 1.67. The third-order valence-electron chi connectivity index (χ3n) is 2.92. The molecule has 1 heterocycles. The zero-order valence-electron chi connectivity index (χ0n) is 10.1. The lowest BCUT2D eigenvalue weighted by Gasteiger charge is -2.24. The van der Waals surface area contributed by atoms with Crippen molar-refractivity contribution in [3.8, 4) is 12.1 Å². The van der Waals surface area contributed by atoms with Crippen LogP contribution in [0.4, 0.5) is 0 Å². The molecular weight excluding hydrogens is 216 g/mol. The highest BCUT2D eigenvalue weighted by atomic mass is 15.3. The molecule has 1 atom stereocenters. The number of hydrogen-bond acceptors (Lipinski definition) is 5. The van der Waals surface area contributed by atoms with Gasteiger partial charge in [0, 0.05) is 6.54 Å². The van der Waals surface area contributed by atoms with Crippen molar-refractivity contribution < 1.29 is 0 Å². The van der Waals surface area contributed by atoms with Crippen LogP contribution in [-0.4, -0.2) is 27.4 Å². The second-order valence-electron chi connectivity index (χ2n) is 3.84. The molecule has 0 aliphatic rings. The Balaban J connectivity index is 2.47. The van der Waals surface area contributed by atoms with Crippen LogP contribution >= 0.6 is 0 Å². The molecule has 0 fully saturated rings. The van der Waals surface area contributed by atoms with Gasteiger partial charge in [0.05, 0.1) is 6.07 Å². The molecule has 1 aromatic rings. The lowest BCUT2D eigenvalue weighted by atomic mass is 9.92. The lowest BCUT2D eigenvalue weighted by molar-refractivity contribution is 0.375. The van der Waals surface area contributed by atoms with Crippen molar-refractivity contribution in [2.75, 3.05) is 7.05 Å². The van der Waals surface area contributed by atoms with Crippen LogP contribution < -0.4 is 5.32 Å². The van der Waals surface area contributed by atoms with Crippen molar-refractivity contribution in [2.24, 2.45) is 0 Å². The average Bonchev–Trinajstić information content (AvgIpc) is 2.83. The molecule has 1 N–H and O–H groups in total. The number of hydrogen-bond donors (Lipinski definition) is 1. The molecule has 0 aliphatic heterocycles. The van der Waals surface area contributed by atoms with Gasteiger partial charge in [-0.2, -0.15) is 10.5 Å². The summed E-state index contributed by atoms with van der Waals surface area (Å²) in [6.45, 7) is 2.66. The maximum Gasteiger partial charge on any atom is 0.252 e. The molecule has 0 radical (unpaired) electrons. The third kappa shape index (κ3) is 3.27. The van der Waals surface area contributed by atoms with Crippen LogP contribution in [0.3, 0.4) is 0 Å². The lowest BCUT2D eigenvalue weighted by Crippen LogP contribution is -2.40. The van der Waals surface area contributed by atoms with Crippen molar-refractivity contribution >= 4 is 0 Å². The molecule has 0 aromatic carbocycles. The molecule has 0 amide bonds. The highest BCUT2D eigenvalue weighted by Gasteiger charge is 2.24. The molecule has 0 bridgehead atoms. The Hall–Kier alpha value is -1.92. The normalized spacial score (nSPS) is 13.6. The Morgan fingerprint density at radius 1 is 1.53 bits per heavy atom. The summed E-state index contributed by atoms with van der Waals surface area (Å²) in [5.41, 5.74) is -0.460. The van der Waals surface area contributed by atoms with E-state index in [1.54, 1.807) is 11.7 Å². The molecule has 17 heavy (non-hydrogen) atoms. The summed E-state index contributed by atoms with van der Waals surface area (Å²) >= 11 is 0. The zero-order valence-corrected chi connectivity index (χ0v) is 10.1. The van der Waals surface area contributed by atoms with Crippen molar-refractivity contribution in [3.63, 3.8) is 0 Å². The summed E-state index contributed by atoms with van der Waals surface area (Å²) in [6.07, 6.45) is 3.87. The van der Waals surface area contributed by atoms with Gasteiger partial charge in [-0.05, 0) is 26.3 Å². The molecule has 6 nitrogen and oxygen atoms in total. The van der Waals surface area contributed by atoms with E-state index >= 15 is 0 Å². The number of rotatable bonds is 6. The monoisotopic (exact) mass is 232 g/mol. The van der Waals surface area contributed by atoms with Crippen LogP contribution in [-0.2, 0) is 6.54 Å². The van der Waals surface area contributed by atoms with Gasteiger partial charge in [0.2, 0.25) is 0 Å². The van der Waals surface area contributed by atoms with E-state index in [1.165, 1.54) is 6.33 Å². The second kappa shape index (κ2) is 5.97. The van der Waals surface area contributed by atoms with Gasteiger partial charge in [0.15, 0.2) is 0 Å². The average molecular weight is 232 g/mol. The predicted molar refractivity (Wildman–Crippen MR) is 61.7 cm³/mol. The maximum atomic E-state index is 9.13. The summed E-state index contributed by atoms with van der Waals surface area (Å²) in [6, 6.07) is 4.19. The van der Waals surface area contributed by atoms with Gasteiger partial charge in [-0.3, -0.25) is 4.68 Å². The minimum Gasteiger partial charge on any atom is -0.302 e. The summed E-state index contributed by atoms with van der Waals surface area (Å²) in [4.78, 5) is 3.82. The van der Waals surface area contributed by atoms with Gasteiger partial charge in [-0.1, -0.05) is 6.92 Å². The standard InChI is InChI=1S/C11H16N6/c1-3-11(8-13,14-2)5-4-6-17-9-15-10(7-12)16-17/h9,14H,3-6H2,1-2H3. The maximum absolute atomic E-state index is 9.13. The first-order chi connectivity index (χ1) is 8.19. The van der Waals surface area contributed by atoms with Gasteiger partial charge < -0.3 is 5.32 Å². The van der Waals surface area contributed by atoms with E-state index in [2.05, 4.69) is 21.5 Å². The molecule has 0 saturated carbocycles. The molecule has 0 spiro atoms. The van der Waals surface area contributed by atoms with Gasteiger partial charge in [0.1, 0.15) is 17.9 Å². The SMILES string of the molecule is CCC(C#N)(CCCn1cnc(C#N)n1)NC. The fraction of sp³-hybridized carbons (Fsp3) is 0.636. The van der Waals surface area contributed by atoms with Gasteiger partial charge in [-0.15, -0.1) is 5.10 Å². The fourth-order valence-electron chi connectivity index (χ4n) is 1.67. The number of nitriles is 2. The Morgan fingerprint density at radius 2 is 2.29 bits per heavy atom. The third-order valence-corrected chi connectivity index (χ3v) is 2.92. The van der Waals surface area contributed by atoms with E-state index in [9.17, 15) is 0 Å². The number of nitrogens with one attached hydrogen (secondary N) is 1. The largest absolute Gasteiger partial charge is 0.302 e. The van der Waals surface area contributed by atoms with E-state index in [-0.39, 0.29) is 5.82 Å². The first kappa shape index (κ1) is 13.1. The van der Waals surface area contributed by atoms with Crippen molar-refractivity contribution in [1.29, 1.82) is 10.5 Å². The first-order valence-electron chi connectivity index (χ1n) is 5.59. The predicted octanol–water partition coefficient (Wildman–Crippen LogP) is 0.822. The Labute approximate surface area is 101 Å². The molecule has 6 heteroatoms. The van der Waals surface area contributed by atoms with E-state index in [0.29, 0.717) is 6.54 Å². The van der Waals surface area contributed by atoms with Crippen molar-refractivity contribution in [2.45, 2.75) is 38.3 Å². The van der Waals surface area contributed by atoms with Crippen LogP contribution in [0.5, 0.6) is 0 Å². The van der Waals surface area contributed by atoms with E-state index < -0.39 is 5.54 Å². The molecule has 0 aliphatic carbocycles. The quantitative estimate of drug-likeness (QED) is 0.784. The summed E-state index contributed by atoms with van der Waals surface area (Å²) < 4.78 is 1.63. The Morgan fingerprint density at radius 3 is 2.76 bits per heavy atom. The number of aryl methyl sites for hydroxylation is 1. The number of nitrogens with zero attached hydrogens (tertiary/aromatic N) is 5. The summed E-state index contributed by atoms with van der Waals surface area (Å²) in [5, 5.41) is 24.7. The Bertz CT molecular complexity index is 432. The molecule has 1 aromatic heterocycles.